The van der Waals surface area contributed by atoms with Gasteiger partial charge in [0.1, 0.15) is 0 Å². The van der Waals surface area contributed by atoms with Gasteiger partial charge in [-0.15, -0.1) is 0 Å². The summed E-state index contributed by atoms with van der Waals surface area (Å²) in [5, 5.41) is 5.32. The van der Waals surface area contributed by atoms with Crippen molar-refractivity contribution in [3.63, 3.8) is 0 Å². The Morgan fingerprint density at radius 3 is 2.31 bits per heavy atom. The van der Waals surface area contributed by atoms with E-state index in [9.17, 15) is 31.1 Å². The van der Waals surface area contributed by atoms with Crippen LogP contribution in [-0.4, -0.2) is 53.5 Å². The van der Waals surface area contributed by atoms with Gasteiger partial charge in [0.2, 0.25) is 5.91 Å². The van der Waals surface area contributed by atoms with E-state index in [0.717, 1.165) is 24.3 Å². The molecular formula is C22H21ClF6N4OS. The number of hydrogen-bond acceptors (Lipinski definition) is 3. The molecule has 1 amide bonds. The number of hydrogen-bond donors (Lipinski definition) is 2. The minimum absolute atomic E-state index is 0.0234. The van der Waals surface area contributed by atoms with E-state index in [2.05, 4.69) is 10.6 Å². The minimum atomic E-state index is -4.60. The van der Waals surface area contributed by atoms with Crippen molar-refractivity contribution in [2.75, 3.05) is 43.4 Å². The van der Waals surface area contributed by atoms with Gasteiger partial charge in [-0.05, 0) is 49.0 Å². The zero-order chi connectivity index (χ0) is 25.8. The van der Waals surface area contributed by atoms with Crippen molar-refractivity contribution in [3.8, 4) is 0 Å². The average molecular weight is 539 g/mol. The number of nitrogens with one attached hydrogen (secondary N) is 2. The molecule has 2 N–H and O–H groups in total. The topological polar surface area (TPSA) is 47.6 Å². The maximum Gasteiger partial charge on any atom is 0.418 e. The molecule has 2 aromatic carbocycles. The molecule has 0 unspecified atom stereocenters. The van der Waals surface area contributed by atoms with Crippen LogP contribution in [0.15, 0.2) is 42.5 Å². The highest BCUT2D eigenvalue weighted by molar-refractivity contribution is 7.80. The van der Waals surface area contributed by atoms with Crippen molar-refractivity contribution in [2.24, 2.45) is 0 Å². The van der Waals surface area contributed by atoms with Gasteiger partial charge in [0.25, 0.3) is 0 Å². The number of amides is 1. The molecule has 5 nitrogen and oxygen atoms in total. The standard InChI is InChI=1S/C22H21ClF6N4OS/c23-16-7-6-14(21(24,25)26)12-18(16)31-20(35)33-9-3-8-32(10-11-33)13-19(34)30-17-5-2-1-4-15(17)22(27,28)29/h1-2,4-7,12H,3,8-11,13H2,(H,30,34)(H,31,35). The summed E-state index contributed by atoms with van der Waals surface area (Å²) < 4.78 is 78.4. The van der Waals surface area contributed by atoms with Crippen LogP contribution in [0.1, 0.15) is 17.5 Å². The summed E-state index contributed by atoms with van der Waals surface area (Å²) in [4.78, 5) is 15.9. The first-order valence-corrected chi connectivity index (χ1v) is 11.2. The molecule has 0 radical (unpaired) electrons. The second-order valence-corrected chi connectivity index (χ2v) is 8.62. The van der Waals surface area contributed by atoms with Crippen molar-refractivity contribution in [1.82, 2.24) is 9.80 Å². The predicted molar refractivity (Wildman–Crippen MR) is 125 cm³/mol. The van der Waals surface area contributed by atoms with Gasteiger partial charge < -0.3 is 15.5 Å². The number of carbonyl (C=O) groups excluding carboxylic acids is 1. The highest BCUT2D eigenvalue weighted by Crippen LogP contribution is 2.35. The van der Waals surface area contributed by atoms with Crippen LogP contribution in [0, 0.1) is 0 Å². The molecule has 35 heavy (non-hydrogen) atoms. The van der Waals surface area contributed by atoms with Crippen LogP contribution in [0.2, 0.25) is 5.02 Å². The molecule has 1 aliphatic rings. The Hall–Kier alpha value is -2.57. The third-order valence-corrected chi connectivity index (χ3v) is 5.97. The first-order chi connectivity index (χ1) is 16.3. The van der Waals surface area contributed by atoms with Crippen molar-refractivity contribution in [1.29, 1.82) is 0 Å². The second kappa shape index (κ2) is 11.0. The number of thiocarbonyl (C=S) groups is 1. The summed E-state index contributed by atoms with van der Waals surface area (Å²) in [6.07, 6.45) is -8.56. The van der Waals surface area contributed by atoms with E-state index < -0.39 is 29.4 Å². The van der Waals surface area contributed by atoms with Gasteiger partial charge in [-0.2, -0.15) is 26.3 Å². The molecule has 1 aliphatic heterocycles. The summed E-state index contributed by atoms with van der Waals surface area (Å²) >= 11 is 11.4. The summed E-state index contributed by atoms with van der Waals surface area (Å²) in [6, 6.07) is 7.61. The molecule has 0 aromatic heterocycles. The van der Waals surface area contributed by atoms with Crippen LogP contribution in [0.3, 0.4) is 0 Å². The monoisotopic (exact) mass is 538 g/mol. The van der Waals surface area contributed by atoms with E-state index in [0.29, 0.717) is 32.6 Å². The minimum Gasteiger partial charge on any atom is -0.348 e. The molecule has 0 bridgehead atoms. The molecular weight excluding hydrogens is 518 g/mol. The molecule has 2 aromatic rings. The lowest BCUT2D eigenvalue weighted by molar-refractivity contribution is -0.138. The summed E-state index contributed by atoms with van der Waals surface area (Å²) in [5.41, 5.74) is -2.09. The number of benzene rings is 2. The van der Waals surface area contributed by atoms with Gasteiger partial charge in [0, 0.05) is 26.2 Å². The molecule has 3 rings (SSSR count). The Morgan fingerprint density at radius 1 is 0.914 bits per heavy atom. The van der Waals surface area contributed by atoms with E-state index >= 15 is 0 Å². The smallest absolute Gasteiger partial charge is 0.348 e. The van der Waals surface area contributed by atoms with Crippen LogP contribution in [0.25, 0.3) is 0 Å². The Morgan fingerprint density at radius 2 is 1.63 bits per heavy atom. The Bertz CT molecular complexity index is 1080. The molecule has 13 heteroatoms. The van der Waals surface area contributed by atoms with Crippen LogP contribution in [-0.2, 0) is 17.1 Å². The average Bonchev–Trinajstić information content (AvgIpc) is 2.99. The van der Waals surface area contributed by atoms with E-state index in [4.69, 9.17) is 23.8 Å². The second-order valence-electron chi connectivity index (χ2n) is 7.83. The number of halogens is 7. The largest absolute Gasteiger partial charge is 0.418 e. The quantitative estimate of drug-likeness (QED) is 0.385. The van der Waals surface area contributed by atoms with Gasteiger partial charge in [-0.25, -0.2) is 0 Å². The zero-order valence-electron chi connectivity index (χ0n) is 18.1. The Balaban J connectivity index is 1.57. The number of alkyl halides is 6. The number of carbonyl (C=O) groups is 1. The SMILES string of the molecule is O=C(CN1CCCN(C(=S)Nc2cc(C(F)(F)F)ccc2Cl)CC1)Nc1ccccc1C(F)(F)F. The summed E-state index contributed by atoms with van der Waals surface area (Å²) in [7, 11) is 0. The van der Waals surface area contributed by atoms with Crippen LogP contribution >= 0.6 is 23.8 Å². The predicted octanol–water partition coefficient (Wildman–Crippen LogP) is 5.72. The molecule has 0 aliphatic carbocycles. The molecule has 190 valence electrons. The van der Waals surface area contributed by atoms with Gasteiger partial charge in [0.15, 0.2) is 5.11 Å². The van der Waals surface area contributed by atoms with Crippen LogP contribution in [0.4, 0.5) is 37.7 Å². The maximum atomic E-state index is 13.1. The Kier molecular flexibility index (Phi) is 8.50. The van der Waals surface area contributed by atoms with Crippen molar-refractivity contribution >= 4 is 46.2 Å². The fraction of sp³-hybridized carbons (Fsp3) is 0.364. The van der Waals surface area contributed by atoms with Crippen molar-refractivity contribution < 1.29 is 31.1 Å². The van der Waals surface area contributed by atoms with E-state index in [-0.39, 0.29) is 28.1 Å². The maximum absolute atomic E-state index is 13.1. The van der Waals surface area contributed by atoms with Gasteiger partial charge in [0.05, 0.1) is 34.1 Å². The third-order valence-electron chi connectivity index (χ3n) is 5.28. The van der Waals surface area contributed by atoms with Crippen LogP contribution < -0.4 is 10.6 Å². The first kappa shape index (κ1) is 27.0. The molecule has 0 atom stereocenters. The summed E-state index contributed by atoms with van der Waals surface area (Å²) in [5.74, 6) is -0.591. The van der Waals surface area contributed by atoms with Gasteiger partial charge in [-0.3, -0.25) is 9.69 Å². The molecule has 0 spiro atoms. The molecule has 1 fully saturated rings. The molecule has 1 saturated heterocycles. The number of rotatable bonds is 4. The molecule has 0 saturated carbocycles. The first-order valence-electron chi connectivity index (χ1n) is 10.5. The Labute approximate surface area is 208 Å². The van der Waals surface area contributed by atoms with E-state index in [1.54, 1.807) is 9.80 Å². The van der Waals surface area contributed by atoms with Gasteiger partial charge >= 0.3 is 12.4 Å². The number of anilines is 2. The lowest BCUT2D eigenvalue weighted by atomic mass is 10.1. The zero-order valence-corrected chi connectivity index (χ0v) is 19.7. The van der Waals surface area contributed by atoms with Crippen molar-refractivity contribution in [2.45, 2.75) is 18.8 Å². The van der Waals surface area contributed by atoms with Gasteiger partial charge in [-0.1, -0.05) is 23.7 Å². The highest BCUT2D eigenvalue weighted by Gasteiger charge is 2.34. The lowest BCUT2D eigenvalue weighted by Crippen LogP contribution is -2.39. The van der Waals surface area contributed by atoms with E-state index in [1.807, 2.05) is 0 Å². The van der Waals surface area contributed by atoms with Crippen LogP contribution in [0.5, 0.6) is 0 Å². The van der Waals surface area contributed by atoms with E-state index in [1.165, 1.54) is 18.2 Å². The number of nitrogens with zero attached hydrogens (tertiary/aromatic N) is 2. The number of para-hydroxylation sites is 1. The fourth-order valence-electron chi connectivity index (χ4n) is 3.56. The summed E-state index contributed by atoms with van der Waals surface area (Å²) in [6.45, 7) is 1.55. The molecule has 1 heterocycles. The normalized spacial score (nSPS) is 15.5. The third kappa shape index (κ3) is 7.45. The lowest BCUT2D eigenvalue weighted by Gasteiger charge is -2.25. The fourth-order valence-corrected chi connectivity index (χ4v) is 4.01. The van der Waals surface area contributed by atoms with Crippen molar-refractivity contribution in [3.05, 3.63) is 58.6 Å². The highest BCUT2D eigenvalue weighted by atomic mass is 35.5.